The molecule has 2 aromatic rings. The smallest absolute Gasteiger partial charge is 0.229 e. The number of nitrogens with two attached hydrogens (primary N) is 1. The first-order chi connectivity index (χ1) is 15.5. The molecule has 1 aromatic heterocycles. The molecule has 1 aromatic carbocycles. The summed E-state index contributed by atoms with van der Waals surface area (Å²) in [6.07, 6.45) is -5.23. The van der Waals surface area contributed by atoms with Gasteiger partial charge in [0.1, 0.15) is 11.5 Å². The van der Waals surface area contributed by atoms with E-state index in [1.54, 1.807) is 10.7 Å². The number of anilines is 2. The number of alkyl halides is 3. The fraction of sp³-hybridized carbons (Fsp3) is 0.368. The Labute approximate surface area is 202 Å². The van der Waals surface area contributed by atoms with Crippen LogP contribution in [-0.4, -0.2) is 76.1 Å². The minimum absolute atomic E-state index is 0.00554. The number of hydroxylamine groups is 1. The molecule has 0 aliphatic carbocycles. The van der Waals surface area contributed by atoms with Gasteiger partial charge >= 0.3 is 166 Å². The monoisotopic (exact) mass is 659 g/mol. The molecule has 0 bridgehead atoms. The summed E-state index contributed by atoms with van der Waals surface area (Å²) in [6, 6.07) is 4.38. The van der Waals surface area contributed by atoms with Crippen LogP contribution in [0.5, 0.6) is 0 Å². The number of halogens is 4. The molecule has 1 fully saturated rings. The summed E-state index contributed by atoms with van der Waals surface area (Å²) in [4.78, 5) is 27.9. The molecule has 0 saturated carbocycles. The molecule has 1 aliphatic heterocycles. The number of hydrogen-bond donors (Lipinski definition) is 1. The molecule has 14 heteroatoms. The number of rotatable bonds is 4. The number of hydrogen-bond acceptors (Lipinski definition) is 8. The Balaban J connectivity index is 1.87. The summed E-state index contributed by atoms with van der Waals surface area (Å²) < 4.78 is 55.0. The van der Waals surface area contributed by atoms with E-state index in [4.69, 9.17) is 10.7 Å². The van der Waals surface area contributed by atoms with Crippen LogP contribution in [-0.2, 0) is 11.0 Å². The fourth-order valence-electron chi connectivity index (χ4n) is 3.28. The third-order valence-corrected chi connectivity index (χ3v) is 5.16. The number of carbonyl (C=O) groups excluding carboxylic acids is 1. The number of benzene rings is 1. The van der Waals surface area contributed by atoms with Gasteiger partial charge in [-0.15, -0.1) is 0 Å². The Morgan fingerprint density at radius 1 is 1.33 bits per heavy atom. The SMILES string of the molecule is Cc1nc(N2CCN(C(=O)c3cc(F)ccc3N(N)/N=[CH]\[Tl])C[C@H](C)O2)cc(C(F)(F)F)n1. The van der Waals surface area contributed by atoms with Gasteiger partial charge in [-0.1, -0.05) is 0 Å². The van der Waals surface area contributed by atoms with Crippen molar-refractivity contribution in [3.63, 3.8) is 0 Å². The van der Waals surface area contributed by atoms with E-state index in [1.165, 1.54) is 29.0 Å². The van der Waals surface area contributed by atoms with Gasteiger partial charge in [0.15, 0.2) is 0 Å². The quantitative estimate of drug-likeness (QED) is 0.177. The normalized spacial score (nSPS) is 17.3. The summed E-state index contributed by atoms with van der Waals surface area (Å²) >= 11 is 0.429. The van der Waals surface area contributed by atoms with Crippen molar-refractivity contribution in [2.75, 3.05) is 29.8 Å². The molecule has 1 atom stereocenters. The van der Waals surface area contributed by atoms with Gasteiger partial charge in [0, 0.05) is 0 Å². The van der Waals surface area contributed by atoms with Crippen molar-refractivity contribution in [3.8, 4) is 0 Å². The van der Waals surface area contributed by atoms with Crippen LogP contribution in [0, 0.1) is 12.7 Å². The Bertz CT molecular complexity index is 1050. The van der Waals surface area contributed by atoms with Gasteiger partial charge in [-0.2, -0.15) is 13.2 Å². The van der Waals surface area contributed by atoms with Crippen LogP contribution in [0.15, 0.2) is 29.4 Å². The average molecular weight is 659 g/mol. The van der Waals surface area contributed by atoms with Crippen LogP contribution >= 0.6 is 0 Å². The van der Waals surface area contributed by atoms with Gasteiger partial charge in [-0.3, -0.25) is 0 Å². The Hall–Kier alpha value is -2.40. The predicted molar refractivity (Wildman–Crippen MR) is 113 cm³/mol. The first-order valence-electron chi connectivity index (χ1n) is 9.74. The van der Waals surface area contributed by atoms with Gasteiger partial charge in [0.25, 0.3) is 0 Å². The first kappa shape index (κ1) is 25.2. The molecule has 0 radical (unpaired) electrons. The maximum absolute atomic E-state index is 13.9. The van der Waals surface area contributed by atoms with Crippen molar-refractivity contribution < 1.29 is 27.2 Å². The molecular weight excluding hydrogens is 639 g/mol. The van der Waals surface area contributed by atoms with E-state index >= 15 is 0 Å². The molecule has 3 rings (SSSR count). The first-order valence-corrected chi connectivity index (χ1v) is 12.3. The van der Waals surface area contributed by atoms with Crippen LogP contribution in [0.3, 0.4) is 0 Å². The Morgan fingerprint density at radius 2 is 2.06 bits per heavy atom. The molecule has 33 heavy (non-hydrogen) atoms. The summed E-state index contributed by atoms with van der Waals surface area (Å²) in [5, 5.41) is 6.17. The Kier molecular flexibility index (Phi) is 7.84. The summed E-state index contributed by atoms with van der Waals surface area (Å²) in [7, 11) is 0. The van der Waals surface area contributed by atoms with Crippen LogP contribution in [0.2, 0.25) is 0 Å². The van der Waals surface area contributed by atoms with Gasteiger partial charge in [0.05, 0.1) is 0 Å². The molecule has 1 amide bonds. The molecule has 9 nitrogen and oxygen atoms in total. The number of hydrazone groups is 1. The second kappa shape index (κ2) is 10.3. The van der Waals surface area contributed by atoms with Gasteiger partial charge < -0.3 is 0 Å². The third kappa shape index (κ3) is 6.14. The molecule has 174 valence electrons. The zero-order chi connectivity index (χ0) is 24.3. The molecule has 0 spiro atoms. The van der Waals surface area contributed by atoms with Gasteiger partial charge in [-0.05, 0) is 6.92 Å². The summed E-state index contributed by atoms with van der Waals surface area (Å²) in [5.74, 6) is 4.60. The van der Waals surface area contributed by atoms with Crippen molar-refractivity contribution in [2.24, 2.45) is 10.9 Å². The van der Waals surface area contributed by atoms with E-state index in [2.05, 4.69) is 15.1 Å². The predicted octanol–water partition coefficient (Wildman–Crippen LogP) is 2.02. The summed E-state index contributed by atoms with van der Waals surface area (Å²) in [6.45, 7) is 3.23. The number of aromatic nitrogens is 2. The molecule has 1 aliphatic rings. The number of carbonyl (C=O) groups is 1. The van der Waals surface area contributed by atoms with Crippen LogP contribution < -0.4 is 16.0 Å². The molecule has 2 heterocycles. The van der Waals surface area contributed by atoms with Crippen molar-refractivity contribution in [2.45, 2.75) is 26.1 Å². The minimum atomic E-state index is -4.65. The van der Waals surface area contributed by atoms with E-state index in [1.807, 2.05) is 0 Å². The van der Waals surface area contributed by atoms with Crippen LogP contribution in [0.1, 0.15) is 28.8 Å². The topological polar surface area (TPSA) is 100 Å². The number of aryl methyl sites for hydroxylation is 1. The standard InChI is InChI=1S/C19H20F4N7O2.Tl/c1-11-10-28(18(31)14-8-13(20)4-5-15(14)30(24)25-3)6-7-29(32-11)17-9-16(19(21,22)23)26-12(2)27-17;/h3-5,8-9,11H,6-7,10,24H2,1-2H3;/t11-;/m0./s1. The molecule has 2 N–H and O–H groups in total. The van der Waals surface area contributed by atoms with Crippen molar-refractivity contribution in [1.82, 2.24) is 14.9 Å². The van der Waals surface area contributed by atoms with Crippen molar-refractivity contribution in [1.29, 1.82) is 0 Å². The van der Waals surface area contributed by atoms with Gasteiger partial charge in [-0.25, -0.2) is 4.98 Å². The number of nitrogens with zero attached hydrogens (tertiary/aromatic N) is 6. The third-order valence-electron chi connectivity index (χ3n) is 4.64. The van der Waals surface area contributed by atoms with E-state index < -0.39 is 29.7 Å². The van der Waals surface area contributed by atoms with Crippen molar-refractivity contribution in [3.05, 3.63) is 47.2 Å². The second-order valence-corrected chi connectivity index (χ2v) is 8.36. The van der Waals surface area contributed by atoms with E-state index in [0.29, 0.717) is 25.8 Å². The zero-order valence-corrected chi connectivity index (χ0v) is 22.2. The van der Waals surface area contributed by atoms with Crippen LogP contribution in [0.4, 0.5) is 29.1 Å². The number of hydrazine groups is 1. The Morgan fingerprint density at radius 3 is 2.73 bits per heavy atom. The number of amides is 1. The molecule has 0 unspecified atom stereocenters. The second-order valence-electron chi connectivity index (χ2n) is 7.20. The van der Waals surface area contributed by atoms with Gasteiger partial charge in [0.2, 0.25) is 0 Å². The van der Waals surface area contributed by atoms with Crippen LogP contribution in [0.25, 0.3) is 0 Å². The molecule has 1 saturated heterocycles. The van der Waals surface area contributed by atoms with E-state index in [9.17, 15) is 22.4 Å². The zero-order valence-electron chi connectivity index (χ0n) is 17.8. The molecular formula is C19H20F4N7O2Tl. The van der Waals surface area contributed by atoms with Crippen molar-refractivity contribution >= 4 is 47.0 Å². The fourth-order valence-corrected chi connectivity index (χ4v) is 3.84. The van der Waals surface area contributed by atoms with E-state index in [-0.39, 0.29) is 42.5 Å². The summed E-state index contributed by atoms with van der Waals surface area (Å²) in [5.41, 5.74) is -0.869. The maximum atomic E-state index is 13.9. The average Bonchev–Trinajstić information content (AvgIpc) is 2.94. The minimum Gasteiger partial charge on any atom is -0.229 e. The van der Waals surface area contributed by atoms with E-state index in [0.717, 1.165) is 17.3 Å².